The number of hydrogen-bond donors (Lipinski definition) is 0. The highest BCUT2D eigenvalue weighted by Crippen LogP contribution is 2.34. The first-order chi connectivity index (χ1) is 12.6. The van der Waals surface area contributed by atoms with Gasteiger partial charge in [0, 0.05) is 31.5 Å². The van der Waals surface area contributed by atoms with Crippen molar-refractivity contribution >= 4 is 5.91 Å². The van der Waals surface area contributed by atoms with Crippen LogP contribution in [0.1, 0.15) is 48.5 Å². The zero-order valence-corrected chi connectivity index (χ0v) is 15.1. The Bertz CT molecular complexity index is 896. The summed E-state index contributed by atoms with van der Waals surface area (Å²) in [6.45, 7) is 5.58. The largest absolute Gasteiger partial charge is 0.469 e. The normalized spacial score (nSPS) is 16.7. The third kappa shape index (κ3) is 3.05. The number of imidazole rings is 1. The lowest BCUT2D eigenvalue weighted by Gasteiger charge is -2.35. The van der Waals surface area contributed by atoms with Gasteiger partial charge in [0.25, 0.3) is 0 Å². The fourth-order valence-electron chi connectivity index (χ4n) is 3.72. The van der Waals surface area contributed by atoms with Gasteiger partial charge in [-0.3, -0.25) is 4.79 Å². The minimum Gasteiger partial charge on any atom is -0.469 e. The molecule has 0 aliphatic carbocycles. The minimum absolute atomic E-state index is 0.0814. The van der Waals surface area contributed by atoms with Gasteiger partial charge in [-0.25, -0.2) is 4.98 Å². The van der Waals surface area contributed by atoms with Crippen LogP contribution >= 0.6 is 0 Å². The summed E-state index contributed by atoms with van der Waals surface area (Å²) in [6, 6.07) is 12.4. The molecule has 3 heterocycles. The van der Waals surface area contributed by atoms with E-state index in [0.29, 0.717) is 31.3 Å². The molecule has 2 aromatic heterocycles. The summed E-state index contributed by atoms with van der Waals surface area (Å²) in [5, 5.41) is 0. The molecule has 0 spiro atoms. The van der Waals surface area contributed by atoms with Crippen LogP contribution in [0.2, 0.25) is 0 Å². The van der Waals surface area contributed by atoms with Gasteiger partial charge in [0.1, 0.15) is 11.6 Å². The second-order valence-corrected chi connectivity index (χ2v) is 7.07. The summed E-state index contributed by atoms with van der Waals surface area (Å²) in [5.74, 6) is 1.89. The second-order valence-electron chi connectivity index (χ2n) is 7.07. The van der Waals surface area contributed by atoms with Gasteiger partial charge >= 0.3 is 0 Å². The highest BCUT2D eigenvalue weighted by molar-refractivity contribution is 5.78. The molecule has 0 fully saturated rings. The quantitative estimate of drug-likeness (QED) is 0.720. The number of hydrogen-bond acceptors (Lipinski definition) is 3. The summed E-state index contributed by atoms with van der Waals surface area (Å²) in [4.78, 5) is 19.4. The van der Waals surface area contributed by atoms with Gasteiger partial charge in [0.15, 0.2) is 0 Å². The summed E-state index contributed by atoms with van der Waals surface area (Å²) in [6.07, 6.45) is 5.77. The first-order valence-electron chi connectivity index (χ1n) is 9.04. The first-order valence-corrected chi connectivity index (χ1v) is 9.04. The van der Waals surface area contributed by atoms with Crippen molar-refractivity contribution in [3.05, 3.63) is 77.8 Å². The van der Waals surface area contributed by atoms with E-state index in [-0.39, 0.29) is 11.8 Å². The standard InChI is InChI=1S/C21H23N3O2/c1-15(2)24-10-9-22-21(24)19-14-23(13-16-6-3-4-8-18(16)19)20(25)12-17-7-5-11-26-17/h3-11,15,19H,12-14H2,1-2H3/t19-/m1/s1. The van der Waals surface area contributed by atoms with Crippen molar-refractivity contribution in [2.75, 3.05) is 6.54 Å². The average molecular weight is 349 g/mol. The summed E-state index contributed by atoms with van der Waals surface area (Å²) in [5.41, 5.74) is 2.46. The van der Waals surface area contributed by atoms with Gasteiger partial charge in [-0.2, -0.15) is 0 Å². The smallest absolute Gasteiger partial charge is 0.230 e. The van der Waals surface area contributed by atoms with Crippen LogP contribution in [-0.4, -0.2) is 26.9 Å². The van der Waals surface area contributed by atoms with Crippen LogP contribution in [0.4, 0.5) is 0 Å². The number of carbonyl (C=O) groups is 1. The van der Waals surface area contributed by atoms with Crippen molar-refractivity contribution in [2.45, 2.75) is 38.8 Å². The van der Waals surface area contributed by atoms with Gasteiger partial charge in [-0.05, 0) is 37.1 Å². The van der Waals surface area contributed by atoms with Crippen LogP contribution in [0.25, 0.3) is 0 Å². The van der Waals surface area contributed by atoms with Crippen molar-refractivity contribution in [1.29, 1.82) is 0 Å². The Hall–Kier alpha value is -2.82. The Kier molecular flexibility index (Phi) is 4.37. The molecule has 134 valence electrons. The molecule has 3 aromatic rings. The molecule has 0 unspecified atom stereocenters. The van der Waals surface area contributed by atoms with Gasteiger partial charge in [-0.1, -0.05) is 24.3 Å². The van der Waals surface area contributed by atoms with Crippen LogP contribution < -0.4 is 0 Å². The Labute approximate surface area is 153 Å². The number of benzene rings is 1. The Morgan fingerprint density at radius 1 is 1.27 bits per heavy atom. The van der Waals surface area contributed by atoms with Crippen molar-refractivity contribution in [3.8, 4) is 0 Å². The van der Waals surface area contributed by atoms with Gasteiger partial charge in [0.05, 0.1) is 18.6 Å². The number of amides is 1. The maximum Gasteiger partial charge on any atom is 0.230 e. The highest BCUT2D eigenvalue weighted by Gasteiger charge is 2.32. The number of aromatic nitrogens is 2. The molecule has 0 radical (unpaired) electrons. The summed E-state index contributed by atoms with van der Waals surface area (Å²) >= 11 is 0. The fourth-order valence-corrected chi connectivity index (χ4v) is 3.72. The van der Waals surface area contributed by atoms with E-state index in [1.807, 2.05) is 35.5 Å². The average Bonchev–Trinajstić information content (AvgIpc) is 3.32. The lowest BCUT2D eigenvalue weighted by Crippen LogP contribution is -2.40. The topological polar surface area (TPSA) is 51.3 Å². The molecule has 26 heavy (non-hydrogen) atoms. The maximum absolute atomic E-state index is 12.8. The van der Waals surface area contributed by atoms with Gasteiger partial charge in [-0.15, -0.1) is 0 Å². The summed E-state index contributed by atoms with van der Waals surface area (Å²) in [7, 11) is 0. The third-order valence-electron chi connectivity index (χ3n) is 5.02. The zero-order valence-electron chi connectivity index (χ0n) is 15.1. The lowest BCUT2D eigenvalue weighted by molar-refractivity contribution is -0.131. The molecule has 1 aliphatic heterocycles. The van der Waals surface area contributed by atoms with Crippen LogP contribution in [0.3, 0.4) is 0 Å². The van der Waals surface area contributed by atoms with Gasteiger partial charge < -0.3 is 13.9 Å². The van der Waals surface area contributed by atoms with Crippen LogP contribution in [-0.2, 0) is 17.8 Å². The van der Waals surface area contributed by atoms with E-state index in [4.69, 9.17) is 4.42 Å². The molecule has 4 rings (SSSR count). The van der Waals surface area contributed by atoms with Crippen molar-refractivity contribution < 1.29 is 9.21 Å². The number of nitrogens with zero attached hydrogens (tertiary/aromatic N) is 3. The summed E-state index contributed by atoms with van der Waals surface area (Å²) < 4.78 is 7.55. The van der Waals surface area contributed by atoms with Crippen LogP contribution in [0.15, 0.2) is 59.5 Å². The molecule has 1 amide bonds. The van der Waals surface area contributed by atoms with Crippen molar-refractivity contribution in [2.24, 2.45) is 0 Å². The van der Waals surface area contributed by atoms with E-state index < -0.39 is 0 Å². The zero-order chi connectivity index (χ0) is 18.1. The SMILES string of the molecule is CC(C)n1ccnc1[C@@H]1CN(C(=O)Cc2ccco2)Cc2ccccc21. The van der Waals surface area contributed by atoms with E-state index in [0.717, 1.165) is 5.82 Å². The molecule has 1 aliphatic rings. The van der Waals surface area contributed by atoms with Crippen LogP contribution in [0.5, 0.6) is 0 Å². The third-order valence-corrected chi connectivity index (χ3v) is 5.02. The van der Waals surface area contributed by atoms with Crippen molar-refractivity contribution in [1.82, 2.24) is 14.5 Å². The van der Waals surface area contributed by atoms with E-state index in [1.165, 1.54) is 11.1 Å². The Morgan fingerprint density at radius 3 is 2.88 bits per heavy atom. The maximum atomic E-state index is 12.8. The number of carbonyl (C=O) groups excluding carboxylic acids is 1. The fraction of sp³-hybridized carbons (Fsp3) is 0.333. The molecule has 0 N–H and O–H groups in total. The predicted octanol–water partition coefficient (Wildman–Crippen LogP) is 3.77. The highest BCUT2D eigenvalue weighted by atomic mass is 16.3. The molecule has 5 nitrogen and oxygen atoms in total. The van der Waals surface area contributed by atoms with Crippen molar-refractivity contribution in [3.63, 3.8) is 0 Å². The van der Waals surface area contributed by atoms with Crippen LogP contribution in [0, 0.1) is 0 Å². The monoisotopic (exact) mass is 349 g/mol. The second kappa shape index (κ2) is 6.83. The van der Waals surface area contributed by atoms with E-state index in [2.05, 4.69) is 41.6 Å². The lowest BCUT2D eigenvalue weighted by atomic mass is 9.88. The molecule has 1 aromatic carbocycles. The predicted molar refractivity (Wildman–Crippen MR) is 98.7 cm³/mol. The Morgan fingerprint density at radius 2 is 2.12 bits per heavy atom. The molecular formula is C21H23N3O2. The minimum atomic E-state index is 0.0814. The molecule has 0 saturated carbocycles. The van der Waals surface area contributed by atoms with Gasteiger partial charge in [0.2, 0.25) is 5.91 Å². The molecular weight excluding hydrogens is 326 g/mol. The number of furan rings is 1. The first kappa shape index (κ1) is 16.6. The molecule has 0 bridgehead atoms. The number of rotatable bonds is 4. The molecule has 5 heteroatoms. The Balaban J connectivity index is 1.67. The number of fused-ring (bicyclic) bond motifs is 1. The van der Waals surface area contributed by atoms with E-state index in [1.54, 1.807) is 6.26 Å². The molecule has 1 atom stereocenters. The van der Waals surface area contributed by atoms with E-state index >= 15 is 0 Å². The molecule has 0 saturated heterocycles. The van der Waals surface area contributed by atoms with E-state index in [9.17, 15) is 4.79 Å².